The Morgan fingerprint density at radius 2 is 1.47 bits per heavy atom. The molecule has 38 heavy (non-hydrogen) atoms. The van der Waals surface area contributed by atoms with Crippen LogP contribution in [0.3, 0.4) is 0 Å². The van der Waals surface area contributed by atoms with Crippen molar-refractivity contribution in [2.24, 2.45) is 0 Å². The Hall–Kier alpha value is -3.80. The molecule has 0 radical (unpaired) electrons. The number of hydrogen-bond donors (Lipinski definition) is 2. The maximum atomic E-state index is 14.4. The lowest BCUT2D eigenvalue weighted by atomic mass is 10.2. The van der Waals surface area contributed by atoms with Crippen LogP contribution in [0.25, 0.3) is 0 Å². The molecule has 0 aliphatic heterocycles. The Bertz CT molecular complexity index is 1500. The highest BCUT2D eigenvalue weighted by molar-refractivity contribution is 7.89. The first-order valence-electron chi connectivity index (χ1n) is 11.4. The van der Waals surface area contributed by atoms with E-state index in [1.54, 1.807) is 24.5 Å². The van der Waals surface area contributed by atoms with Gasteiger partial charge in [-0.2, -0.15) is 4.31 Å². The van der Waals surface area contributed by atoms with Crippen LogP contribution in [0.5, 0.6) is 0 Å². The van der Waals surface area contributed by atoms with Gasteiger partial charge >= 0.3 is 0 Å². The predicted octanol–water partition coefficient (Wildman–Crippen LogP) is 5.38. The Labute approximate surface area is 224 Å². The van der Waals surface area contributed by atoms with E-state index in [9.17, 15) is 21.6 Å². The van der Waals surface area contributed by atoms with Crippen molar-refractivity contribution in [2.45, 2.75) is 24.5 Å². The van der Waals surface area contributed by atoms with Crippen molar-refractivity contribution < 1.29 is 21.6 Å². The SMILES string of the molecule is O=S(=O)(c1ccc(NC(=S)NCc2ccncc2)cc1)N(Cc1ccc(F)cc1)Cc1cc(F)ccc1F. The molecule has 11 heteroatoms. The van der Waals surface area contributed by atoms with Crippen LogP contribution in [-0.4, -0.2) is 22.8 Å². The van der Waals surface area contributed by atoms with E-state index in [4.69, 9.17) is 12.2 Å². The van der Waals surface area contributed by atoms with E-state index >= 15 is 0 Å². The van der Waals surface area contributed by atoms with E-state index in [1.807, 2.05) is 12.1 Å². The quantitative estimate of drug-likeness (QED) is 0.270. The second kappa shape index (κ2) is 12.2. The first-order valence-corrected chi connectivity index (χ1v) is 13.3. The van der Waals surface area contributed by atoms with Crippen LogP contribution in [0.1, 0.15) is 16.7 Å². The second-order valence-electron chi connectivity index (χ2n) is 8.32. The van der Waals surface area contributed by atoms with E-state index in [2.05, 4.69) is 15.6 Å². The smallest absolute Gasteiger partial charge is 0.243 e. The van der Waals surface area contributed by atoms with Gasteiger partial charge in [0.15, 0.2) is 5.11 Å². The lowest BCUT2D eigenvalue weighted by Crippen LogP contribution is -2.31. The van der Waals surface area contributed by atoms with Crippen molar-refractivity contribution in [3.8, 4) is 0 Å². The molecule has 0 spiro atoms. The molecule has 4 aromatic rings. The second-order valence-corrected chi connectivity index (χ2v) is 10.7. The minimum atomic E-state index is -4.16. The van der Waals surface area contributed by atoms with Crippen LogP contribution in [0.2, 0.25) is 0 Å². The number of aromatic nitrogens is 1. The molecule has 0 atom stereocenters. The molecule has 0 saturated carbocycles. The van der Waals surface area contributed by atoms with Gasteiger partial charge in [0.2, 0.25) is 10.0 Å². The summed E-state index contributed by atoms with van der Waals surface area (Å²) in [6, 6.07) is 17.7. The lowest BCUT2D eigenvalue weighted by molar-refractivity contribution is 0.392. The minimum absolute atomic E-state index is 0.0577. The van der Waals surface area contributed by atoms with Gasteiger partial charge in [0.1, 0.15) is 17.5 Å². The minimum Gasteiger partial charge on any atom is -0.358 e. The molecular formula is C27H23F3N4O2S2. The van der Waals surface area contributed by atoms with Gasteiger partial charge < -0.3 is 10.6 Å². The molecule has 3 aromatic carbocycles. The third-order valence-electron chi connectivity index (χ3n) is 5.58. The summed E-state index contributed by atoms with van der Waals surface area (Å²) in [5, 5.41) is 6.38. The fraction of sp³-hybridized carbons (Fsp3) is 0.111. The number of pyridine rings is 1. The van der Waals surface area contributed by atoms with Crippen molar-refractivity contribution in [2.75, 3.05) is 5.32 Å². The maximum absolute atomic E-state index is 14.4. The zero-order chi connectivity index (χ0) is 27.1. The number of halogens is 3. The number of thiocarbonyl (C=S) groups is 1. The van der Waals surface area contributed by atoms with Crippen LogP contribution >= 0.6 is 12.2 Å². The van der Waals surface area contributed by atoms with Crippen LogP contribution in [-0.2, 0) is 29.7 Å². The Morgan fingerprint density at radius 1 is 0.816 bits per heavy atom. The topological polar surface area (TPSA) is 74.3 Å². The molecule has 1 aromatic heterocycles. The zero-order valence-electron chi connectivity index (χ0n) is 19.9. The van der Waals surface area contributed by atoms with Crippen molar-refractivity contribution in [1.29, 1.82) is 0 Å². The highest BCUT2D eigenvalue weighted by Crippen LogP contribution is 2.24. The van der Waals surface area contributed by atoms with E-state index in [-0.39, 0.29) is 17.0 Å². The van der Waals surface area contributed by atoms with Gasteiger partial charge in [-0.1, -0.05) is 12.1 Å². The molecule has 0 unspecified atom stereocenters. The third kappa shape index (κ3) is 7.15. The van der Waals surface area contributed by atoms with Gasteiger partial charge in [0.05, 0.1) is 4.90 Å². The monoisotopic (exact) mass is 556 g/mol. The summed E-state index contributed by atoms with van der Waals surface area (Å²) >= 11 is 5.30. The van der Waals surface area contributed by atoms with Gasteiger partial charge in [0, 0.05) is 43.3 Å². The number of nitrogens with one attached hydrogen (secondary N) is 2. The molecule has 6 nitrogen and oxygen atoms in total. The molecule has 0 saturated heterocycles. The van der Waals surface area contributed by atoms with Gasteiger partial charge in [-0.15, -0.1) is 0 Å². The first-order chi connectivity index (χ1) is 18.2. The molecule has 0 aliphatic carbocycles. The van der Waals surface area contributed by atoms with Crippen molar-refractivity contribution >= 4 is 33.0 Å². The Balaban J connectivity index is 1.52. The summed E-state index contributed by atoms with van der Waals surface area (Å²) in [4.78, 5) is 3.90. The molecule has 1 heterocycles. The average Bonchev–Trinajstić information content (AvgIpc) is 2.91. The molecule has 196 valence electrons. The number of anilines is 1. The number of rotatable bonds is 9. The van der Waals surface area contributed by atoms with Gasteiger partial charge in [-0.3, -0.25) is 4.98 Å². The Kier molecular flexibility index (Phi) is 8.72. The molecule has 2 N–H and O–H groups in total. The number of sulfonamides is 1. The fourth-order valence-corrected chi connectivity index (χ4v) is 5.19. The lowest BCUT2D eigenvalue weighted by Gasteiger charge is -2.23. The number of benzene rings is 3. The van der Waals surface area contributed by atoms with Crippen LogP contribution < -0.4 is 10.6 Å². The van der Waals surface area contributed by atoms with Crippen LogP contribution in [0, 0.1) is 17.5 Å². The summed E-state index contributed by atoms with van der Waals surface area (Å²) in [6.07, 6.45) is 3.35. The van der Waals surface area contributed by atoms with Gasteiger partial charge in [-0.05, 0) is 90.1 Å². The fourth-order valence-electron chi connectivity index (χ4n) is 3.59. The number of hydrogen-bond acceptors (Lipinski definition) is 4. The number of nitrogens with zero attached hydrogens (tertiary/aromatic N) is 2. The zero-order valence-corrected chi connectivity index (χ0v) is 21.6. The predicted molar refractivity (Wildman–Crippen MR) is 143 cm³/mol. The first kappa shape index (κ1) is 27.2. The van der Waals surface area contributed by atoms with E-state index in [0.717, 1.165) is 28.1 Å². The van der Waals surface area contributed by atoms with E-state index in [1.165, 1.54) is 36.4 Å². The molecule has 4 rings (SSSR count). The normalized spacial score (nSPS) is 11.4. The summed E-state index contributed by atoms with van der Waals surface area (Å²) < 4.78 is 69.7. The van der Waals surface area contributed by atoms with Gasteiger partial charge in [-0.25, -0.2) is 21.6 Å². The molecule has 0 fully saturated rings. The highest BCUT2D eigenvalue weighted by Gasteiger charge is 2.26. The van der Waals surface area contributed by atoms with Gasteiger partial charge in [0.25, 0.3) is 0 Å². The van der Waals surface area contributed by atoms with E-state index < -0.39 is 34.0 Å². The Morgan fingerprint density at radius 3 is 2.16 bits per heavy atom. The van der Waals surface area contributed by atoms with Crippen LogP contribution in [0.4, 0.5) is 18.9 Å². The van der Waals surface area contributed by atoms with Crippen molar-refractivity contribution in [3.63, 3.8) is 0 Å². The molecule has 0 bridgehead atoms. The standard InChI is InChI=1S/C27H23F3N4O2S2/c28-22-3-1-20(2-4-22)17-34(18-21-15-23(29)5-10-26(21)30)38(35,36)25-8-6-24(7-9-25)33-27(37)32-16-19-11-13-31-14-12-19/h1-15H,16-18H2,(H2,32,33,37). The van der Waals surface area contributed by atoms with E-state index in [0.29, 0.717) is 22.9 Å². The summed E-state index contributed by atoms with van der Waals surface area (Å²) in [5.41, 5.74) is 1.90. The molecule has 0 aliphatic rings. The van der Waals surface area contributed by atoms with Crippen molar-refractivity contribution in [3.05, 3.63) is 125 Å². The average molecular weight is 557 g/mol. The maximum Gasteiger partial charge on any atom is 0.243 e. The summed E-state index contributed by atoms with van der Waals surface area (Å²) in [5.74, 6) is -1.90. The largest absolute Gasteiger partial charge is 0.358 e. The van der Waals surface area contributed by atoms with Crippen LogP contribution in [0.15, 0.2) is 96.2 Å². The third-order valence-corrected chi connectivity index (χ3v) is 7.63. The summed E-state index contributed by atoms with van der Waals surface area (Å²) in [7, 11) is -4.16. The van der Waals surface area contributed by atoms with Crippen molar-refractivity contribution in [1.82, 2.24) is 14.6 Å². The highest BCUT2D eigenvalue weighted by atomic mass is 32.2. The molecular weight excluding hydrogens is 533 g/mol. The summed E-state index contributed by atoms with van der Waals surface area (Å²) in [6.45, 7) is -0.121. The molecule has 0 amide bonds.